The number of ether oxygens (including phenoxy) is 2. The van der Waals surface area contributed by atoms with Gasteiger partial charge in [0.1, 0.15) is 0 Å². The van der Waals surface area contributed by atoms with Crippen LogP contribution in [0.1, 0.15) is 50.6 Å². The Bertz CT molecular complexity index is 638. The summed E-state index contributed by atoms with van der Waals surface area (Å²) in [5, 5.41) is 3.20. The van der Waals surface area contributed by atoms with E-state index in [1.165, 1.54) is 32.2 Å². The third kappa shape index (κ3) is 5.10. The number of nitrogens with zero attached hydrogens (tertiary/aromatic N) is 2. The van der Waals surface area contributed by atoms with E-state index >= 15 is 0 Å². The number of carbonyl (C=O) groups excluding carboxylic acids is 1. The summed E-state index contributed by atoms with van der Waals surface area (Å²) in [5.41, 5.74) is 1.04. The molecular weight excluding hydrogens is 354 g/mol. The summed E-state index contributed by atoms with van der Waals surface area (Å²) in [7, 11) is 3.26. The molecule has 2 fully saturated rings. The maximum absolute atomic E-state index is 12.8. The van der Waals surface area contributed by atoms with E-state index in [0.29, 0.717) is 11.5 Å². The maximum atomic E-state index is 12.8. The second-order valence-electron chi connectivity index (χ2n) is 7.96. The highest BCUT2D eigenvalue weighted by Gasteiger charge is 2.25. The predicted octanol–water partition coefficient (Wildman–Crippen LogP) is 3.67. The molecule has 2 aliphatic rings. The molecule has 28 heavy (non-hydrogen) atoms. The lowest BCUT2D eigenvalue weighted by Crippen LogP contribution is -2.52. The number of benzene rings is 1. The van der Waals surface area contributed by atoms with Gasteiger partial charge in [-0.3, -0.25) is 4.90 Å². The molecule has 1 aromatic rings. The topological polar surface area (TPSA) is 54.0 Å². The number of urea groups is 1. The number of hydrogen-bond acceptors (Lipinski definition) is 4. The second-order valence-corrected chi connectivity index (χ2v) is 7.96. The van der Waals surface area contributed by atoms with Crippen molar-refractivity contribution in [2.24, 2.45) is 5.92 Å². The molecule has 0 aromatic heterocycles. The first-order valence-electron chi connectivity index (χ1n) is 10.6. The third-order valence-electron chi connectivity index (χ3n) is 6.17. The highest BCUT2D eigenvalue weighted by molar-refractivity contribution is 5.75. The summed E-state index contributed by atoms with van der Waals surface area (Å²) in [6.07, 6.45) is 6.36. The first-order chi connectivity index (χ1) is 13.6. The number of amides is 2. The van der Waals surface area contributed by atoms with Crippen LogP contribution >= 0.6 is 0 Å². The van der Waals surface area contributed by atoms with E-state index < -0.39 is 0 Å². The van der Waals surface area contributed by atoms with Gasteiger partial charge in [0.15, 0.2) is 11.5 Å². The zero-order valence-corrected chi connectivity index (χ0v) is 17.6. The van der Waals surface area contributed by atoms with Gasteiger partial charge < -0.3 is 19.7 Å². The van der Waals surface area contributed by atoms with Crippen molar-refractivity contribution < 1.29 is 14.3 Å². The highest BCUT2D eigenvalue weighted by Crippen LogP contribution is 2.31. The van der Waals surface area contributed by atoms with E-state index in [-0.39, 0.29) is 12.1 Å². The minimum atomic E-state index is -0.0381. The molecule has 0 spiro atoms. The van der Waals surface area contributed by atoms with Crippen LogP contribution in [-0.4, -0.2) is 62.8 Å². The van der Waals surface area contributed by atoms with Crippen LogP contribution in [0.15, 0.2) is 18.2 Å². The van der Waals surface area contributed by atoms with E-state index in [0.717, 1.165) is 44.1 Å². The van der Waals surface area contributed by atoms with Crippen molar-refractivity contribution in [3.05, 3.63) is 23.8 Å². The lowest BCUT2D eigenvalue weighted by atomic mass is 10.0. The fraction of sp³-hybridized carbons (Fsp3) is 0.682. The minimum absolute atomic E-state index is 0.0298. The molecule has 1 heterocycles. The Labute approximate surface area is 169 Å². The van der Waals surface area contributed by atoms with E-state index in [1.807, 2.05) is 23.1 Å². The van der Waals surface area contributed by atoms with Crippen molar-refractivity contribution in [1.29, 1.82) is 0 Å². The van der Waals surface area contributed by atoms with Crippen molar-refractivity contribution in [3.8, 4) is 11.5 Å². The average molecular weight is 390 g/mol. The summed E-state index contributed by atoms with van der Waals surface area (Å²) in [6.45, 7) is 6.87. The second kappa shape index (κ2) is 10.0. The van der Waals surface area contributed by atoms with Crippen molar-refractivity contribution in [2.45, 2.75) is 45.1 Å². The largest absolute Gasteiger partial charge is 0.493 e. The van der Waals surface area contributed by atoms with Crippen molar-refractivity contribution >= 4 is 6.03 Å². The number of rotatable bonds is 7. The molecule has 1 aliphatic carbocycles. The van der Waals surface area contributed by atoms with Crippen molar-refractivity contribution in [2.75, 3.05) is 46.9 Å². The zero-order chi connectivity index (χ0) is 19.9. The van der Waals surface area contributed by atoms with Gasteiger partial charge in [-0.2, -0.15) is 0 Å². The van der Waals surface area contributed by atoms with E-state index in [2.05, 4.69) is 17.1 Å². The number of piperazine rings is 1. The molecule has 2 amide bonds. The van der Waals surface area contributed by atoms with Crippen LogP contribution in [0, 0.1) is 5.92 Å². The molecule has 0 radical (unpaired) electrons. The number of nitrogens with one attached hydrogen (secondary N) is 1. The van der Waals surface area contributed by atoms with Crippen LogP contribution in [0.2, 0.25) is 0 Å². The molecule has 6 heteroatoms. The van der Waals surface area contributed by atoms with Crippen LogP contribution in [0.4, 0.5) is 4.79 Å². The third-order valence-corrected chi connectivity index (χ3v) is 6.17. The van der Waals surface area contributed by atoms with Gasteiger partial charge in [0.25, 0.3) is 0 Å². The lowest BCUT2D eigenvalue weighted by molar-refractivity contribution is 0.126. The van der Waals surface area contributed by atoms with Crippen LogP contribution in [-0.2, 0) is 0 Å². The molecular formula is C22H35N3O3. The SMILES string of the molecule is CC[C@@H](NC(=O)N1CCN(CC2CCCC2)CC1)c1ccc(OC)c(OC)c1. The Morgan fingerprint density at radius 3 is 2.39 bits per heavy atom. The van der Waals surface area contributed by atoms with Gasteiger partial charge in [-0.15, -0.1) is 0 Å². The Balaban J connectivity index is 1.53. The van der Waals surface area contributed by atoms with Gasteiger partial charge in [-0.1, -0.05) is 25.8 Å². The summed E-state index contributed by atoms with van der Waals surface area (Å²) in [6, 6.07) is 5.83. The van der Waals surface area contributed by atoms with Crippen LogP contribution in [0.5, 0.6) is 11.5 Å². The van der Waals surface area contributed by atoms with E-state index in [1.54, 1.807) is 14.2 Å². The summed E-state index contributed by atoms with van der Waals surface area (Å²) < 4.78 is 10.7. The first-order valence-corrected chi connectivity index (χ1v) is 10.6. The smallest absolute Gasteiger partial charge is 0.317 e. The molecule has 1 saturated carbocycles. The first kappa shape index (κ1) is 20.8. The van der Waals surface area contributed by atoms with Crippen LogP contribution in [0.3, 0.4) is 0 Å². The maximum Gasteiger partial charge on any atom is 0.317 e. The van der Waals surface area contributed by atoms with Gasteiger partial charge in [0.05, 0.1) is 20.3 Å². The number of hydrogen-bond donors (Lipinski definition) is 1. The lowest BCUT2D eigenvalue weighted by Gasteiger charge is -2.36. The molecule has 1 atom stereocenters. The zero-order valence-electron chi connectivity index (χ0n) is 17.6. The Kier molecular flexibility index (Phi) is 7.43. The molecule has 1 N–H and O–H groups in total. The van der Waals surface area contributed by atoms with Crippen molar-refractivity contribution in [1.82, 2.24) is 15.1 Å². The normalized spacial score (nSPS) is 19.5. The standard InChI is InChI=1S/C22H35N3O3/c1-4-19(18-9-10-20(27-2)21(15-18)28-3)23-22(26)25-13-11-24(12-14-25)16-17-7-5-6-8-17/h9-10,15,17,19H,4-8,11-14,16H2,1-3H3,(H,23,26)/t19-/m1/s1. The number of methoxy groups -OCH3 is 2. The van der Waals surface area contributed by atoms with Crippen molar-refractivity contribution in [3.63, 3.8) is 0 Å². The fourth-order valence-corrected chi connectivity index (χ4v) is 4.42. The van der Waals surface area contributed by atoms with Gasteiger partial charge >= 0.3 is 6.03 Å². The number of carbonyl (C=O) groups is 1. The Morgan fingerprint density at radius 1 is 1.11 bits per heavy atom. The summed E-state index contributed by atoms with van der Waals surface area (Å²) in [4.78, 5) is 17.3. The predicted molar refractivity (Wildman–Crippen MR) is 111 cm³/mol. The van der Waals surface area contributed by atoms with Gasteiger partial charge in [-0.05, 0) is 42.9 Å². The minimum Gasteiger partial charge on any atom is -0.493 e. The quantitative estimate of drug-likeness (QED) is 0.773. The monoisotopic (exact) mass is 389 g/mol. The summed E-state index contributed by atoms with van der Waals surface area (Å²) >= 11 is 0. The summed E-state index contributed by atoms with van der Waals surface area (Å²) in [5.74, 6) is 2.26. The molecule has 3 rings (SSSR count). The van der Waals surface area contributed by atoms with Gasteiger partial charge in [-0.25, -0.2) is 4.79 Å². The molecule has 1 aliphatic heterocycles. The van der Waals surface area contributed by atoms with Gasteiger partial charge in [0.2, 0.25) is 0 Å². The van der Waals surface area contributed by atoms with Crippen LogP contribution in [0.25, 0.3) is 0 Å². The van der Waals surface area contributed by atoms with E-state index in [4.69, 9.17) is 9.47 Å². The van der Waals surface area contributed by atoms with Crippen LogP contribution < -0.4 is 14.8 Å². The van der Waals surface area contributed by atoms with E-state index in [9.17, 15) is 4.79 Å². The molecule has 156 valence electrons. The molecule has 0 unspecified atom stereocenters. The highest BCUT2D eigenvalue weighted by atomic mass is 16.5. The average Bonchev–Trinajstić information content (AvgIpc) is 3.24. The Hall–Kier alpha value is -1.95. The fourth-order valence-electron chi connectivity index (χ4n) is 4.42. The van der Waals surface area contributed by atoms with Gasteiger partial charge in [0, 0.05) is 32.7 Å². The Morgan fingerprint density at radius 2 is 1.79 bits per heavy atom. The molecule has 1 aromatic carbocycles. The molecule has 1 saturated heterocycles. The molecule has 0 bridgehead atoms. The molecule has 6 nitrogen and oxygen atoms in total.